The number of nitrogens with zero attached hydrogens (tertiary/aromatic N) is 1. The van der Waals surface area contributed by atoms with Crippen molar-refractivity contribution in [3.05, 3.63) is 46.8 Å². The molecule has 1 unspecified atom stereocenters. The molecule has 0 aromatic carbocycles. The molecule has 0 aliphatic carbocycles. The highest BCUT2D eigenvalue weighted by Crippen LogP contribution is 2.22. The number of rotatable bonds is 3. The molecule has 0 fully saturated rings. The van der Waals surface area contributed by atoms with Gasteiger partial charge >= 0.3 is 0 Å². The normalized spacial score (nSPS) is 12.2. The van der Waals surface area contributed by atoms with Gasteiger partial charge in [-0.15, -0.1) is 0 Å². The zero-order chi connectivity index (χ0) is 14.9. The molecule has 20 heavy (non-hydrogen) atoms. The zero-order valence-electron chi connectivity index (χ0n) is 11.5. The molecule has 0 radical (unpaired) electrons. The Morgan fingerprint density at radius 1 is 1.45 bits per heavy atom. The van der Waals surface area contributed by atoms with Gasteiger partial charge in [-0.3, -0.25) is 4.79 Å². The summed E-state index contributed by atoms with van der Waals surface area (Å²) in [5, 5.41) is 2.75. The number of pyridine rings is 1. The molecule has 1 atom stereocenters. The highest BCUT2D eigenvalue weighted by Gasteiger charge is 2.18. The second-order valence-electron chi connectivity index (χ2n) is 4.65. The first kappa shape index (κ1) is 14.0. The molecule has 2 aromatic rings. The number of nitrogen functional groups attached to an aromatic ring is 1. The van der Waals surface area contributed by atoms with Crippen molar-refractivity contribution in [2.45, 2.75) is 26.8 Å². The van der Waals surface area contributed by atoms with Gasteiger partial charge in [-0.1, -0.05) is 0 Å². The standard InChI is InChI=1S/C14H16FN3O2/c1-7-4-11(9(3)20-7)8(2)18-14(19)12-5-10(15)6-17-13(12)16/h4-6,8H,1-3H3,(H2,16,17)(H,18,19). The van der Waals surface area contributed by atoms with Crippen LogP contribution in [-0.2, 0) is 0 Å². The zero-order valence-corrected chi connectivity index (χ0v) is 11.5. The Labute approximate surface area is 116 Å². The number of aromatic nitrogens is 1. The van der Waals surface area contributed by atoms with Crippen LogP contribution in [0.25, 0.3) is 0 Å². The van der Waals surface area contributed by atoms with E-state index in [1.165, 1.54) is 0 Å². The van der Waals surface area contributed by atoms with Gasteiger partial charge in [0.15, 0.2) is 0 Å². The first-order valence-corrected chi connectivity index (χ1v) is 6.17. The molecular weight excluding hydrogens is 261 g/mol. The summed E-state index contributed by atoms with van der Waals surface area (Å²) in [6.45, 7) is 5.47. The summed E-state index contributed by atoms with van der Waals surface area (Å²) in [5.74, 6) is 0.426. The fourth-order valence-electron chi connectivity index (χ4n) is 2.06. The molecule has 1 amide bonds. The number of carbonyl (C=O) groups is 1. The molecule has 2 rings (SSSR count). The number of nitrogens with one attached hydrogen (secondary N) is 1. The SMILES string of the molecule is Cc1cc(C(C)NC(=O)c2cc(F)cnc2N)c(C)o1. The lowest BCUT2D eigenvalue weighted by Gasteiger charge is -2.14. The first-order valence-electron chi connectivity index (χ1n) is 6.17. The number of aryl methyl sites for hydroxylation is 2. The van der Waals surface area contributed by atoms with Crippen LogP contribution in [0.1, 0.15) is 40.4 Å². The van der Waals surface area contributed by atoms with E-state index in [0.29, 0.717) is 0 Å². The van der Waals surface area contributed by atoms with Crippen LogP contribution in [-0.4, -0.2) is 10.9 Å². The van der Waals surface area contributed by atoms with Crippen molar-refractivity contribution in [2.24, 2.45) is 0 Å². The number of hydrogen-bond donors (Lipinski definition) is 2. The van der Waals surface area contributed by atoms with E-state index >= 15 is 0 Å². The molecule has 6 heteroatoms. The molecule has 0 aliphatic rings. The van der Waals surface area contributed by atoms with Gasteiger partial charge in [-0.2, -0.15) is 0 Å². The molecule has 2 heterocycles. The summed E-state index contributed by atoms with van der Waals surface area (Å²) >= 11 is 0. The van der Waals surface area contributed by atoms with Crippen LogP contribution in [0.15, 0.2) is 22.7 Å². The summed E-state index contributed by atoms with van der Waals surface area (Å²) in [6.07, 6.45) is 0.971. The maximum atomic E-state index is 13.1. The Balaban J connectivity index is 2.19. The summed E-state index contributed by atoms with van der Waals surface area (Å²) in [5.41, 5.74) is 6.48. The van der Waals surface area contributed by atoms with Crippen LogP contribution in [0, 0.1) is 19.7 Å². The van der Waals surface area contributed by atoms with Gasteiger partial charge in [0, 0.05) is 5.56 Å². The van der Waals surface area contributed by atoms with Gasteiger partial charge < -0.3 is 15.5 Å². The van der Waals surface area contributed by atoms with Crippen molar-refractivity contribution < 1.29 is 13.6 Å². The molecule has 0 saturated heterocycles. The summed E-state index contributed by atoms with van der Waals surface area (Å²) in [6, 6.07) is 2.65. The van der Waals surface area contributed by atoms with Crippen LogP contribution in [0.3, 0.4) is 0 Å². The Morgan fingerprint density at radius 3 is 2.75 bits per heavy atom. The first-order chi connectivity index (χ1) is 9.38. The molecule has 2 aromatic heterocycles. The van der Waals surface area contributed by atoms with Crippen molar-refractivity contribution in [2.75, 3.05) is 5.73 Å². The summed E-state index contributed by atoms with van der Waals surface area (Å²) in [4.78, 5) is 15.7. The van der Waals surface area contributed by atoms with Crippen molar-refractivity contribution >= 4 is 11.7 Å². The molecular formula is C14H16FN3O2. The molecule has 0 bridgehead atoms. The van der Waals surface area contributed by atoms with Gasteiger partial charge in [0.1, 0.15) is 23.2 Å². The largest absolute Gasteiger partial charge is 0.466 e. The summed E-state index contributed by atoms with van der Waals surface area (Å²) in [7, 11) is 0. The lowest BCUT2D eigenvalue weighted by Crippen LogP contribution is -2.27. The van der Waals surface area contributed by atoms with Crippen molar-refractivity contribution in [1.82, 2.24) is 10.3 Å². The smallest absolute Gasteiger partial charge is 0.255 e. The molecule has 0 spiro atoms. The van der Waals surface area contributed by atoms with Crippen LogP contribution in [0.4, 0.5) is 10.2 Å². The quantitative estimate of drug-likeness (QED) is 0.903. The topological polar surface area (TPSA) is 81.2 Å². The number of nitrogens with two attached hydrogens (primary N) is 1. The minimum atomic E-state index is -0.604. The Hall–Kier alpha value is -2.37. The molecule has 0 saturated carbocycles. The van der Waals surface area contributed by atoms with E-state index in [4.69, 9.17) is 10.2 Å². The minimum Gasteiger partial charge on any atom is -0.466 e. The number of amides is 1. The number of hydrogen-bond acceptors (Lipinski definition) is 4. The van der Waals surface area contributed by atoms with E-state index in [9.17, 15) is 9.18 Å². The highest BCUT2D eigenvalue weighted by atomic mass is 19.1. The maximum Gasteiger partial charge on any atom is 0.255 e. The Kier molecular flexibility index (Phi) is 3.74. The van der Waals surface area contributed by atoms with E-state index < -0.39 is 11.7 Å². The van der Waals surface area contributed by atoms with Crippen LogP contribution in [0.5, 0.6) is 0 Å². The highest BCUT2D eigenvalue weighted by molar-refractivity contribution is 5.98. The molecule has 0 aliphatic heterocycles. The van der Waals surface area contributed by atoms with E-state index in [2.05, 4.69) is 10.3 Å². The monoisotopic (exact) mass is 277 g/mol. The third kappa shape index (κ3) is 2.79. The van der Waals surface area contributed by atoms with Gasteiger partial charge in [0.2, 0.25) is 0 Å². The predicted octanol–water partition coefficient (Wildman–Crippen LogP) is 2.50. The third-order valence-electron chi connectivity index (χ3n) is 3.02. The van der Waals surface area contributed by atoms with Crippen LogP contribution in [0.2, 0.25) is 0 Å². The average molecular weight is 277 g/mol. The van der Waals surface area contributed by atoms with Gasteiger partial charge in [0.25, 0.3) is 5.91 Å². The van der Waals surface area contributed by atoms with E-state index in [1.54, 1.807) is 0 Å². The Morgan fingerprint density at radius 2 is 2.15 bits per heavy atom. The molecule has 5 nitrogen and oxygen atoms in total. The summed E-state index contributed by atoms with van der Waals surface area (Å²) < 4.78 is 18.5. The fraction of sp³-hybridized carbons (Fsp3) is 0.286. The van der Waals surface area contributed by atoms with Gasteiger partial charge in [-0.25, -0.2) is 9.37 Å². The Bertz CT molecular complexity index is 652. The fourth-order valence-corrected chi connectivity index (χ4v) is 2.06. The number of anilines is 1. The van der Waals surface area contributed by atoms with Crippen LogP contribution >= 0.6 is 0 Å². The van der Waals surface area contributed by atoms with Gasteiger partial charge in [0.05, 0.1) is 17.8 Å². The predicted molar refractivity (Wildman–Crippen MR) is 72.7 cm³/mol. The average Bonchev–Trinajstić information content (AvgIpc) is 2.71. The van der Waals surface area contributed by atoms with Crippen LogP contribution < -0.4 is 11.1 Å². The number of furan rings is 1. The molecule has 106 valence electrons. The van der Waals surface area contributed by atoms with Crippen molar-refractivity contribution in [3.8, 4) is 0 Å². The van der Waals surface area contributed by atoms with Crippen molar-refractivity contribution in [3.63, 3.8) is 0 Å². The maximum absolute atomic E-state index is 13.1. The van der Waals surface area contributed by atoms with E-state index in [1.807, 2.05) is 26.8 Å². The van der Waals surface area contributed by atoms with Crippen molar-refractivity contribution in [1.29, 1.82) is 0 Å². The number of carbonyl (C=O) groups excluding carboxylic acids is 1. The third-order valence-corrected chi connectivity index (χ3v) is 3.02. The minimum absolute atomic E-state index is 0.00352. The number of halogens is 1. The second-order valence-corrected chi connectivity index (χ2v) is 4.65. The molecule has 3 N–H and O–H groups in total. The van der Waals surface area contributed by atoms with E-state index in [0.717, 1.165) is 29.3 Å². The van der Waals surface area contributed by atoms with Gasteiger partial charge in [-0.05, 0) is 32.9 Å². The lowest BCUT2D eigenvalue weighted by molar-refractivity contribution is 0.0940. The second kappa shape index (κ2) is 5.32. The lowest BCUT2D eigenvalue weighted by atomic mass is 10.1. The van der Waals surface area contributed by atoms with E-state index in [-0.39, 0.29) is 17.4 Å².